The van der Waals surface area contributed by atoms with Crippen LogP contribution in [-0.2, 0) is 14.3 Å². The van der Waals surface area contributed by atoms with Crippen LogP contribution in [0, 0.1) is 0 Å². The van der Waals surface area contributed by atoms with E-state index >= 15 is 0 Å². The summed E-state index contributed by atoms with van der Waals surface area (Å²) >= 11 is 0. The maximum absolute atomic E-state index is 12.0. The highest BCUT2D eigenvalue weighted by atomic mass is 16.5. The lowest BCUT2D eigenvalue weighted by Crippen LogP contribution is -2.38. The number of carbonyl (C=O) groups is 3. The van der Waals surface area contributed by atoms with Gasteiger partial charge in [0.2, 0.25) is 5.91 Å². The smallest absolute Gasteiger partial charge is 0.340 e. The molecule has 1 heterocycles. The highest BCUT2D eigenvalue weighted by molar-refractivity contribution is 6.04. The standard InChI is InChI=1S/C16H19N3O4/c1-2-7-17-14(20)9-19-15(21)10-23-16(22)12-8-18-13-6-4-3-5-11(12)13/h3-6,8,18H,2,7,9-10H2,1H3,(H,17,20)(H,19,21). The van der Waals surface area contributed by atoms with Crippen LogP contribution < -0.4 is 10.6 Å². The summed E-state index contributed by atoms with van der Waals surface area (Å²) in [4.78, 5) is 37.9. The lowest BCUT2D eigenvalue weighted by molar-refractivity contribution is -0.127. The summed E-state index contributed by atoms with van der Waals surface area (Å²) in [6.07, 6.45) is 2.37. The van der Waals surface area contributed by atoms with Crippen LogP contribution in [0.1, 0.15) is 23.7 Å². The molecule has 0 saturated carbocycles. The number of rotatable bonds is 7. The molecule has 2 rings (SSSR count). The number of aromatic nitrogens is 1. The molecule has 0 bridgehead atoms. The zero-order valence-electron chi connectivity index (χ0n) is 12.8. The summed E-state index contributed by atoms with van der Waals surface area (Å²) in [5.74, 6) is -1.39. The van der Waals surface area contributed by atoms with Crippen LogP contribution in [0.2, 0.25) is 0 Å². The Kier molecular flexibility index (Phi) is 5.74. The molecule has 23 heavy (non-hydrogen) atoms. The van der Waals surface area contributed by atoms with Crippen molar-refractivity contribution in [1.29, 1.82) is 0 Å². The summed E-state index contributed by atoms with van der Waals surface area (Å²) < 4.78 is 4.97. The van der Waals surface area contributed by atoms with Gasteiger partial charge in [0.1, 0.15) is 0 Å². The second-order valence-corrected chi connectivity index (χ2v) is 4.95. The van der Waals surface area contributed by atoms with Gasteiger partial charge in [-0.1, -0.05) is 25.1 Å². The molecular weight excluding hydrogens is 298 g/mol. The Hall–Kier alpha value is -2.83. The van der Waals surface area contributed by atoms with Crippen molar-refractivity contribution in [2.24, 2.45) is 0 Å². The average molecular weight is 317 g/mol. The van der Waals surface area contributed by atoms with E-state index in [0.29, 0.717) is 12.1 Å². The van der Waals surface area contributed by atoms with Crippen molar-refractivity contribution in [2.45, 2.75) is 13.3 Å². The van der Waals surface area contributed by atoms with E-state index in [2.05, 4.69) is 15.6 Å². The van der Waals surface area contributed by atoms with Gasteiger partial charge in [-0.05, 0) is 12.5 Å². The molecule has 7 heteroatoms. The summed E-state index contributed by atoms with van der Waals surface area (Å²) in [7, 11) is 0. The van der Waals surface area contributed by atoms with Gasteiger partial charge in [0, 0.05) is 23.6 Å². The van der Waals surface area contributed by atoms with Gasteiger partial charge in [0.25, 0.3) is 5.91 Å². The number of aromatic amines is 1. The molecule has 2 aromatic rings. The maximum atomic E-state index is 12.0. The maximum Gasteiger partial charge on any atom is 0.340 e. The van der Waals surface area contributed by atoms with Crippen molar-refractivity contribution in [1.82, 2.24) is 15.6 Å². The predicted molar refractivity (Wildman–Crippen MR) is 84.9 cm³/mol. The number of H-pyrrole nitrogens is 1. The topological polar surface area (TPSA) is 100 Å². The van der Waals surface area contributed by atoms with Gasteiger partial charge in [-0.3, -0.25) is 9.59 Å². The van der Waals surface area contributed by atoms with Gasteiger partial charge in [-0.25, -0.2) is 4.79 Å². The number of hydrogen-bond donors (Lipinski definition) is 3. The Morgan fingerprint density at radius 3 is 2.70 bits per heavy atom. The fourth-order valence-corrected chi connectivity index (χ4v) is 2.01. The molecule has 2 amide bonds. The van der Waals surface area contributed by atoms with E-state index < -0.39 is 18.5 Å². The molecule has 1 aromatic carbocycles. The third kappa shape index (κ3) is 4.57. The molecule has 0 spiro atoms. The minimum Gasteiger partial charge on any atom is -0.452 e. The van der Waals surface area contributed by atoms with Gasteiger partial charge < -0.3 is 20.4 Å². The van der Waals surface area contributed by atoms with Gasteiger partial charge in [-0.15, -0.1) is 0 Å². The Bertz CT molecular complexity index is 708. The van der Waals surface area contributed by atoms with E-state index in [0.717, 1.165) is 17.3 Å². The first-order valence-corrected chi connectivity index (χ1v) is 7.38. The molecule has 3 N–H and O–H groups in total. The van der Waals surface area contributed by atoms with Crippen LogP contribution in [0.15, 0.2) is 30.5 Å². The molecule has 1 aromatic heterocycles. The lowest BCUT2D eigenvalue weighted by atomic mass is 10.2. The summed E-state index contributed by atoms with van der Waals surface area (Å²) in [5, 5.41) is 5.76. The summed E-state index contributed by atoms with van der Waals surface area (Å²) in [5.41, 5.74) is 1.19. The van der Waals surface area contributed by atoms with Crippen LogP contribution in [0.3, 0.4) is 0 Å². The van der Waals surface area contributed by atoms with E-state index in [1.807, 2.05) is 25.1 Å². The third-order valence-electron chi connectivity index (χ3n) is 3.16. The first kappa shape index (κ1) is 16.5. The first-order valence-electron chi connectivity index (χ1n) is 7.38. The van der Waals surface area contributed by atoms with E-state index in [9.17, 15) is 14.4 Å². The first-order chi connectivity index (χ1) is 11.1. The summed E-state index contributed by atoms with van der Waals surface area (Å²) in [6, 6.07) is 7.30. The number of carbonyl (C=O) groups excluding carboxylic acids is 3. The fraction of sp³-hybridized carbons (Fsp3) is 0.312. The normalized spacial score (nSPS) is 10.3. The molecular formula is C16H19N3O4. The van der Waals surface area contributed by atoms with Crippen molar-refractivity contribution in [3.05, 3.63) is 36.0 Å². The van der Waals surface area contributed by atoms with Gasteiger partial charge in [-0.2, -0.15) is 0 Å². The van der Waals surface area contributed by atoms with E-state index in [4.69, 9.17) is 4.74 Å². The van der Waals surface area contributed by atoms with Crippen molar-refractivity contribution < 1.29 is 19.1 Å². The van der Waals surface area contributed by atoms with Crippen LogP contribution >= 0.6 is 0 Å². The average Bonchev–Trinajstić information content (AvgIpc) is 3.00. The monoisotopic (exact) mass is 317 g/mol. The minimum absolute atomic E-state index is 0.135. The molecule has 0 saturated heterocycles. The second kappa shape index (κ2) is 7.98. The number of hydrogen-bond acceptors (Lipinski definition) is 4. The number of esters is 1. The third-order valence-corrected chi connectivity index (χ3v) is 3.16. The highest BCUT2D eigenvalue weighted by Crippen LogP contribution is 2.18. The predicted octanol–water partition coefficient (Wildman–Crippen LogP) is 0.967. The van der Waals surface area contributed by atoms with Crippen molar-refractivity contribution >= 4 is 28.7 Å². The number of benzene rings is 1. The van der Waals surface area contributed by atoms with E-state index in [-0.39, 0.29) is 12.5 Å². The quantitative estimate of drug-likeness (QED) is 0.662. The Balaban J connectivity index is 1.80. The van der Waals surface area contributed by atoms with Crippen LogP contribution in [0.5, 0.6) is 0 Å². The van der Waals surface area contributed by atoms with Gasteiger partial charge in [0.15, 0.2) is 6.61 Å². The van der Waals surface area contributed by atoms with Crippen LogP contribution in [-0.4, -0.2) is 42.5 Å². The SMILES string of the molecule is CCCNC(=O)CNC(=O)COC(=O)c1c[nH]c2ccccc12. The van der Waals surface area contributed by atoms with Crippen molar-refractivity contribution in [3.63, 3.8) is 0 Å². The minimum atomic E-state index is -0.590. The molecule has 122 valence electrons. The van der Waals surface area contributed by atoms with Crippen molar-refractivity contribution in [2.75, 3.05) is 19.7 Å². The molecule has 0 fully saturated rings. The Morgan fingerprint density at radius 1 is 1.13 bits per heavy atom. The molecule has 0 aliphatic carbocycles. The van der Waals surface area contributed by atoms with E-state index in [1.54, 1.807) is 12.3 Å². The largest absolute Gasteiger partial charge is 0.452 e. The fourth-order valence-electron chi connectivity index (χ4n) is 2.01. The van der Waals surface area contributed by atoms with Gasteiger partial charge >= 0.3 is 5.97 Å². The molecule has 7 nitrogen and oxygen atoms in total. The van der Waals surface area contributed by atoms with E-state index in [1.165, 1.54) is 0 Å². The highest BCUT2D eigenvalue weighted by Gasteiger charge is 2.14. The number of ether oxygens (including phenoxy) is 1. The van der Waals surface area contributed by atoms with Crippen LogP contribution in [0.4, 0.5) is 0 Å². The number of para-hydroxylation sites is 1. The number of nitrogens with one attached hydrogen (secondary N) is 3. The molecule has 0 aliphatic rings. The number of amides is 2. The Labute approximate surface area is 133 Å². The van der Waals surface area contributed by atoms with Crippen molar-refractivity contribution in [3.8, 4) is 0 Å². The van der Waals surface area contributed by atoms with Crippen LogP contribution in [0.25, 0.3) is 10.9 Å². The second-order valence-electron chi connectivity index (χ2n) is 4.95. The Morgan fingerprint density at radius 2 is 1.91 bits per heavy atom. The van der Waals surface area contributed by atoms with Gasteiger partial charge in [0.05, 0.1) is 12.1 Å². The molecule has 0 unspecified atom stereocenters. The zero-order valence-corrected chi connectivity index (χ0v) is 12.8. The molecule has 0 aliphatic heterocycles. The number of fused-ring (bicyclic) bond motifs is 1. The molecule has 0 atom stereocenters. The molecule has 0 radical (unpaired) electrons. The zero-order chi connectivity index (χ0) is 16.7. The summed E-state index contributed by atoms with van der Waals surface area (Å²) in [6.45, 7) is 1.93. The lowest BCUT2D eigenvalue weighted by Gasteiger charge is -2.06.